The minimum absolute atomic E-state index is 0.0132. The molecule has 3 aromatic rings. The molecule has 0 aliphatic heterocycles. The predicted octanol–water partition coefficient (Wildman–Crippen LogP) is 7.81. The van der Waals surface area contributed by atoms with Gasteiger partial charge in [-0.15, -0.1) is 0 Å². The van der Waals surface area contributed by atoms with Gasteiger partial charge in [-0.3, -0.25) is 0 Å². The van der Waals surface area contributed by atoms with Crippen LogP contribution in [0.15, 0.2) is 54.6 Å². The van der Waals surface area contributed by atoms with Crippen LogP contribution in [-0.4, -0.2) is 19.3 Å². The molecule has 3 aromatic carbocycles. The van der Waals surface area contributed by atoms with Gasteiger partial charge in [-0.1, -0.05) is 30.3 Å². The highest BCUT2D eigenvalue weighted by Crippen LogP contribution is 2.36. The number of halogens is 3. The highest BCUT2D eigenvalue weighted by atomic mass is 19.2. The first-order chi connectivity index (χ1) is 17.0. The Balaban J connectivity index is 1.33. The van der Waals surface area contributed by atoms with Crippen molar-refractivity contribution in [1.82, 2.24) is 0 Å². The third-order valence-corrected chi connectivity index (χ3v) is 6.51. The average molecular weight is 485 g/mol. The van der Waals surface area contributed by atoms with E-state index in [0.29, 0.717) is 24.5 Å². The minimum atomic E-state index is -0.880. The molecule has 186 valence electrons. The van der Waals surface area contributed by atoms with E-state index in [1.807, 2.05) is 19.9 Å². The molecule has 0 unspecified atom stereocenters. The first-order valence-electron chi connectivity index (χ1n) is 12.2. The van der Waals surface area contributed by atoms with Crippen LogP contribution < -0.4 is 9.47 Å². The Labute approximate surface area is 204 Å². The van der Waals surface area contributed by atoms with Crippen molar-refractivity contribution in [2.24, 2.45) is 0 Å². The fourth-order valence-electron chi connectivity index (χ4n) is 4.64. The van der Waals surface area contributed by atoms with Crippen molar-refractivity contribution in [3.05, 3.63) is 83.2 Å². The van der Waals surface area contributed by atoms with Crippen molar-refractivity contribution in [3.63, 3.8) is 0 Å². The second-order valence-corrected chi connectivity index (χ2v) is 8.77. The number of hydrogen-bond donors (Lipinski definition) is 0. The Hall–Kier alpha value is -2.99. The van der Waals surface area contributed by atoms with Crippen LogP contribution in [0.5, 0.6) is 11.5 Å². The molecule has 0 bridgehead atoms. The molecule has 0 N–H and O–H groups in total. The SMILES string of the molecule is CCOc1ccc(-c2ccc(COC3CCC(c4ccc(OCC)c(F)c4)CC3)c(F)c2F)cc1. The van der Waals surface area contributed by atoms with Gasteiger partial charge in [-0.2, -0.15) is 0 Å². The molecular weight excluding hydrogens is 453 g/mol. The Morgan fingerprint density at radius 2 is 1.49 bits per heavy atom. The lowest BCUT2D eigenvalue weighted by atomic mass is 9.82. The van der Waals surface area contributed by atoms with Gasteiger partial charge < -0.3 is 14.2 Å². The third-order valence-electron chi connectivity index (χ3n) is 6.51. The van der Waals surface area contributed by atoms with Gasteiger partial charge in [0.05, 0.1) is 25.9 Å². The van der Waals surface area contributed by atoms with Gasteiger partial charge in [0.25, 0.3) is 0 Å². The summed E-state index contributed by atoms with van der Waals surface area (Å²) < 4.78 is 60.4. The summed E-state index contributed by atoms with van der Waals surface area (Å²) in [5.41, 5.74) is 1.95. The molecule has 0 radical (unpaired) electrons. The van der Waals surface area contributed by atoms with Crippen LogP contribution in [0.3, 0.4) is 0 Å². The monoisotopic (exact) mass is 484 g/mol. The van der Waals surface area contributed by atoms with Crippen LogP contribution in [-0.2, 0) is 11.3 Å². The number of benzene rings is 3. The predicted molar refractivity (Wildman–Crippen MR) is 130 cm³/mol. The van der Waals surface area contributed by atoms with Crippen molar-refractivity contribution >= 4 is 0 Å². The molecule has 3 nitrogen and oxygen atoms in total. The Bertz CT molecular complexity index is 1120. The van der Waals surface area contributed by atoms with Gasteiger partial charge >= 0.3 is 0 Å². The van der Waals surface area contributed by atoms with E-state index in [1.54, 1.807) is 48.5 Å². The quantitative estimate of drug-likeness (QED) is 0.310. The molecule has 6 heteroatoms. The zero-order valence-corrected chi connectivity index (χ0v) is 20.2. The molecule has 1 fully saturated rings. The average Bonchev–Trinajstić information content (AvgIpc) is 2.87. The molecule has 0 atom stereocenters. The maximum Gasteiger partial charge on any atom is 0.167 e. The van der Waals surface area contributed by atoms with Gasteiger partial charge in [0.1, 0.15) is 5.75 Å². The van der Waals surface area contributed by atoms with E-state index in [0.717, 1.165) is 31.2 Å². The molecule has 0 heterocycles. The zero-order chi connectivity index (χ0) is 24.8. The van der Waals surface area contributed by atoms with Crippen molar-refractivity contribution in [1.29, 1.82) is 0 Å². The molecule has 0 saturated heterocycles. The summed E-state index contributed by atoms with van der Waals surface area (Å²) in [5, 5.41) is 0. The van der Waals surface area contributed by atoms with E-state index in [4.69, 9.17) is 14.2 Å². The second kappa shape index (κ2) is 11.6. The summed E-state index contributed by atoms with van der Waals surface area (Å²) in [6.45, 7) is 4.69. The zero-order valence-electron chi connectivity index (χ0n) is 20.2. The van der Waals surface area contributed by atoms with Crippen LogP contribution >= 0.6 is 0 Å². The summed E-state index contributed by atoms with van der Waals surface area (Å²) in [6.07, 6.45) is 3.24. The smallest absolute Gasteiger partial charge is 0.167 e. The maximum atomic E-state index is 14.8. The van der Waals surface area contributed by atoms with Crippen molar-refractivity contribution < 1.29 is 27.4 Å². The molecular formula is C29H31F3O3. The van der Waals surface area contributed by atoms with Crippen molar-refractivity contribution in [2.45, 2.75) is 58.2 Å². The number of hydrogen-bond acceptors (Lipinski definition) is 3. The van der Waals surface area contributed by atoms with Crippen LogP contribution in [0.25, 0.3) is 11.1 Å². The van der Waals surface area contributed by atoms with E-state index in [1.165, 1.54) is 0 Å². The summed E-state index contributed by atoms with van der Waals surface area (Å²) in [5.74, 6) is -0.886. The second-order valence-electron chi connectivity index (χ2n) is 8.77. The molecule has 35 heavy (non-hydrogen) atoms. The van der Waals surface area contributed by atoms with E-state index < -0.39 is 11.6 Å². The lowest BCUT2D eigenvalue weighted by molar-refractivity contribution is 0.0119. The largest absolute Gasteiger partial charge is 0.494 e. The van der Waals surface area contributed by atoms with Crippen LogP contribution in [0.1, 0.15) is 56.6 Å². The first-order valence-corrected chi connectivity index (χ1v) is 12.2. The standard InChI is InChI=1S/C29H31F3O3/c1-3-33-23-13-7-20(8-14-23)25-15-9-22(28(31)29(25)32)18-35-24-11-5-19(6-12-24)21-10-16-27(34-4-2)26(30)17-21/h7-10,13-17,19,24H,3-6,11-12,18H2,1-2H3. The Morgan fingerprint density at radius 1 is 0.771 bits per heavy atom. The Kier molecular flexibility index (Phi) is 8.34. The van der Waals surface area contributed by atoms with Gasteiger partial charge in [-0.05, 0) is 80.8 Å². The highest BCUT2D eigenvalue weighted by molar-refractivity contribution is 5.65. The maximum absolute atomic E-state index is 14.8. The first kappa shape index (κ1) is 25.1. The lowest BCUT2D eigenvalue weighted by Crippen LogP contribution is -2.21. The molecule has 4 rings (SSSR count). The van der Waals surface area contributed by atoms with E-state index in [2.05, 4.69) is 0 Å². The molecule has 0 amide bonds. The van der Waals surface area contributed by atoms with E-state index in [-0.39, 0.29) is 41.3 Å². The Morgan fingerprint density at radius 3 is 2.14 bits per heavy atom. The summed E-state index contributed by atoms with van der Waals surface area (Å²) in [4.78, 5) is 0. The lowest BCUT2D eigenvalue weighted by Gasteiger charge is -2.29. The molecule has 0 spiro atoms. The molecule has 0 aromatic heterocycles. The fraction of sp³-hybridized carbons (Fsp3) is 0.379. The van der Waals surface area contributed by atoms with Crippen molar-refractivity contribution in [3.8, 4) is 22.6 Å². The van der Waals surface area contributed by atoms with E-state index in [9.17, 15) is 13.2 Å². The van der Waals surface area contributed by atoms with Crippen molar-refractivity contribution in [2.75, 3.05) is 13.2 Å². The third kappa shape index (κ3) is 5.99. The number of rotatable bonds is 9. The van der Waals surface area contributed by atoms with Gasteiger partial charge in [-0.25, -0.2) is 13.2 Å². The molecule has 1 aliphatic carbocycles. The summed E-state index contributed by atoms with van der Waals surface area (Å²) in [6, 6.07) is 15.2. The molecule has 1 aliphatic rings. The van der Waals surface area contributed by atoms with Crippen LogP contribution in [0.2, 0.25) is 0 Å². The van der Waals surface area contributed by atoms with Crippen LogP contribution in [0, 0.1) is 17.5 Å². The van der Waals surface area contributed by atoms with Gasteiger partial charge in [0.15, 0.2) is 23.2 Å². The summed E-state index contributed by atoms with van der Waals surface area (Å²) in [7, 11) is 0. The minimum Gasteiger partial charge on any atom is -0.494 e. The highest BCUT2D eigenvalue weighted by Gasteiger charge is 2.24. The topological polar surface area (TPSA) is 27.7 Å². The summed E-state index contributed by atoms with van der Waals surface area (Å²) >= 11 is 0. The van der Waals surface area contributed by atoms with Crippen LogP contribution in [0.4, 0.5) is 13.2 Å². The van der Waals surface area contributed by atoms with Gasteiger partial charge in [0, 0.05) is 11.1 Å². The fourth-order valence-corrected chi connectivity index (χ4v) is 4.64. The van der Waals surface area contributed by atoms with E-state index >= 15 is 0 Å². The number of ether oxygens (including phenoxy) is 3. The normalized spacial score (nSPS) is 17.9. The van der Waals surface area contributed by atoms with Gasteiger partial charge in [0.2, 0.25) is 0 Å². The molecule has 1 saturated carbocycles.